The van der Waals surface area contributed by atoms with Gasteiger partial charge in [0.2, 0.25) is 5.91 Å². The summed E-state index contributed by atoms with van der Waals surface area (Å²) in [6.07, 6.45) is 3.51. The molecule has 6 nitrogen and oxygen atoms in total. The molecule has 1 atom stereocenters. The van der Waals surface area contributed by atoms with Crippen LogP contribution in [0.15, 0.2) is 24.3 Å². The number of amides is 1. The minimum atomic E-state index is -0.818. The van der Waals surface area contributed by atoms with Crippen molar-refractivity contribution in [3.05, 3.63) is 35.6 Å². The molecule has 2 aliphatic heterocycles. The largest absolute Gasteiger partial charge is 0.480 e. The van der Waals surface area contributed by atoms with E-state index in [2.05, 4.69) is 4.90 Å². The molecule has 1 aromatic rings. The number of hydrogen-bond acceptors (Lipinski definition) is 4. The lowest BCUT2D eigenvalue weighted by Crippen LogP contribution is -2.50. The summed E-state index contributed by atoms with van der Waals surface area (Å²) >= 11 is 0. The molecule has 0 radical (unpaired) electrons. The molecule has 2 heterocycles. The van der Waals surface area contributed by atoms with E-state index in [1.165, 1.54) is 6.07 Å². The Balaban J connectivity index is 1.50. The molecule has 2 fully saturated rings. The van der Waals surface area contributed by atoms with E-state index in [0.717, 1.165) is 37.8 Å². The third-order valence-corrected chi connectivity index (χ3v) is 5.93. The van der Waals surface area contributed by atoms with E-state index in [1.54, 1.807) is 12.1 Å². The maximum atomic E-state index is 13.4. The Kier molecular flexibility index (Phi) is 7.02. The van der Waals surface area contributed by atoms with E-state index < -0.39 is 5.97 Å². The molecule has 3 rings (SSSR count). The van der Waals surface area contributed by atoms with E-state index in [9.17, 15) is 14.0 Å². The molecule has 154 valence electrons. The van der Waals surface area contributed by atoms with Crippen LogP contribution in [0.25, 0.3) is 0 Å². The van der Waals surface area contributed by atoms with Crippen LogP contribution in [0.4, 0.5) is 4.39 Å². The Labute approximate surface area is 165 Å². The van der Waals surface area contributed by atoms with E-state index >= 15 is 0 Å². The highest BCUT2D eigenvalue weighted by Gasteiger charge is 2.32. The van der Waals surface area contributed by atoms with Crippen LogP contribution in [0, 0.1) is 11.7 Å². The van der Waals surface area contributed by atoms with Crippen molar-refractivity contribution in [3.63, 3.8) is 0 Å². The van der Waals surface area contributed by atoms with E-state index in [-0.39, 0.29) is 30.2 Å². The maximum Gasteiger partial charge on any atom is 0.317 e. The van der Waals surface area contributed by atoms with E-state index in [4.69, 9.17) is 5.11 Å². The zero-order chi connectivity index (χ0) is 20.1. The van der Waals surface area contributed by atoms with Crippen molar-refractivity contribution in [2.75, 3.05) is 39.8 Å². The molecule has 2 saturated heterocycles. The van der Waals surface area contributed by atoms with Gasteiger partial charge < -0.3 is 10.0 Å². The summed E-state index contributed by atoms with van der Waals surface area (Å²) < 4.78 is 13.4. The summed E-state index contributed by atoms with van der Waals surface area (Å²) in [5, 5.41) is 8.94. The standard InChI is InChI=1S/C21H30FN3O3/c1-23(15-20(26)27)19-7-10-25(11-8-19)21(28)17-5-3-9-24(14-17)13-16-4-2-6-18(22)12-16/h2,4,6,12,17,19H,3,5,7-11,13-15H2,1H3,(H,26,27)/t17-/m1/s1. The van der Waals surface area contributed by atoms with Crippen molar-refractivity contribution < 1.29 is 19.1 Å². The predicted octanol–water partition coefficient (Wildman–Crippen LogP) is 2.05. The molecule has 1 N–H and O–H groups in total. The maximum absolute atomic E-state index is 13.4. The smallest absolute Gasteiger partial charge is 0.317 e. The highest BCUT2D eigenvalue weighted by Crippen LogP contribution is 2.23. The molecule has 28 heavy (non-hydrogen) atoms. The van der Waals surface area contributed by atoms with Crippen LogP contribution in [0.3, 0.4) is 0 Å². The Morgan fingerprint density at radius 3 is 2.64 bits per heavy atom. The summed E-state index contributed by atoms with van der Waals surface area (Å²) in [6, 6.07) is 6.87. The van der Waals surface area contributed by atoms with Gasteiger partial charge >= 0.3 is 5.97 Å². The number of carboxylic acid groups (broad SMARTS) is 1. The minimum absolute atomic E-state index is 0.00407. The molecule has 2 aliphatic rings. The fourth-order valence-electron chi connectivity index (χ4n) is 4.42. The third kappa shape index (κ3) is 5.52. The van der Waals surface area contributed by atoms with Crippen molar-refractivity contribution in [2.24, 2.45) is 5.92 Å². The van der Waals surface area contributed by atoms with Gasteiger partial charge in [0, 0.05) is 32.2 Å². The first-order valence-corrected chi connectivity index (χ1v) is 10.1. The second kappa shape index (κ2) is 9.47. The van der Waals surface area contributed by atoms with Gasteiger partial charge in [0.1, 0.15) is 5.82 Å². The SMILES string of the molecule is CN(CC(=O)O)C1CCN(C(=O)[C@@H]2CCCN(Cc3cccc(F)c3)C2)CC1. The number of likely N-dealkylation sites (tertiary alicyclic amines) is 2. The van der Waals surface area contributed by atoms with Gasteiger partial charge in [-0.25, -0.2) is 4.39 Å². The number of aliphatic carboxylic acids is 1. The molecule has 1 amide bonds. The normalized spacial score (nSPS) is 21.8. The Bertz CT molecular complexity index is 691. The van der Waals surface area contributed by atoms with Crippen molar-refractivity contribution in [1.82, 2.24) is 14.7 Å². The van der Waals surface area contributed by atoms with Crippen molar-refractivity contribution in [2.45, 2.75) is 38.3 Å². The molecule has 0 aliphatic carbocycles. The average molecular weight is 391 g/mol. The van der Waals surface area contributed by atoms with E-state index in [0.29, 0.717) is 26.2 Å². The predicted molar refractivity (Wildman–Crippen MR) is 104 cm³/mol. The van der Waals surface area contributed by atoms with Gasteiger partial charge in [-0.3, -0.25) is 19.4 Å². The summed E-state index contributed by atoms with van der Waals surface area (Å²) in [4.78, 5) is 29.9. The van der Waals surface area contributed by atoms with Crippen LogP contribution in [0.2, 0.25) is 0 Å². The summed E-state index contributed by atoms with van der Waals surface area (Å²) in [5.41, 5.74) is 0.940. The number of benzene rings is 1. The Morgan fingerprint density at radius 2 is 1.96 bits per heavy atom. The zero-order valence-electron chi connectivity index (χ0n) is 16.5. The highest BCUT2D eigenvalue weighted by molar-refractivity contribution is 5.79. The van der Waals surface area contributed by atoms with Gasteiger partial charge in [0.25, 0.3) is 0 Å². The van der Waals surface area contributed by atoms with E-state index in [1.807, 2.05) is 22.9 Å². The van der Waals surface area contributed by atoms with Crippen LogP contribution >= 0.6 is 0 Å². The van der Waals surface area contributed by atoms with Gasteiger partial charge in [0.15, 0.2) is 0 Å². The van der Waals surface area contributed by atoms with Crippen molar-refractivity contribution in [3.8, 4) is 0 Å². The molecular weight excluding hydrogens is 361 g/mol. The van der Waals surface area contributed by atoms with Crippen LogP contribution in [-0.2, 0) is 16.1 Å². The number of rotatable bonds is 6. The first-order chi connectivity index (χ1) is 13.4. The monoisotopic (exact) mass is 391 g/mol. The number of halogens is 1. The fraction of sp³-hybridized carbons (Fsp3) is 0.619. The molecular formula is C21H30FN3O3. The second-order valence-corrected chi connectivity index (χ2v) is 8.07. The van der Waals surface area contributed by atoms with Gasteiger partial charge in [-0.2, -0.15) is 0 Å². The molecule has 0 saturated carbocycles. The van der Waals surface area contributed by atoms with Crippen LogP contribution in [0.5, 0.6) is 0 Å². The topological polar surface area (TPSA) is 64.1 Å². The molecule has 0 spiro atoms. The molecule has 1 aromatic carbocycles. The lowest BCUT2D eigenvalue weighted by Gasteiger charge is -2.39. The second-order valence-electron chi connectivity index (χ2n) is 8.07. The van der Waals surface area contributed by atoms with Gasteiger partial charge in [-0.15, -0.1) is 0 Å². The van der Waals surface area contributed by atoms with Crippen LogP contribution in [-0.4, -0.2) is 77.5 Å². The molecule has 0 aromatic heterocycles. The number of piperidine rings is 2. The van der Waals surface area contributed by atoms with Crippen molar-refractivity contribution >= 4 is 11.9 Å². The minimum Gasteiger partial charge on any atom is -0.480 e. The summed E-state index contributed by atoms with van der Waals surface area (Å²) in [6.45, 7) is 3.73. The number of likely N-dealkylation sites (N-methyl/N-ethyl adjacent to an activating group) is 1. The van der Waals surface area contributed by atoms with Crippen LogP contribution < -0.4 is 0 Å². The molecule has 7 heteroatoms. The molecule has 0 unspecified atom stereocenters. The number of carbonyl (C=O) groups is 2. The first-order valence-electron chi connectivity index (χ1n) is 10.1. The Morgan fingerprint density at radius 1 is 1.21 bits per heavy atom. The first kappa shape index (κ1) is 20.7. The zero-order valence-corrected chi connectivity index (χ0v) is 16.5. The number of carbonyl (C=O) groups excluding carboxylic acids is 1. The number of carboxylic acids is 1. The lowest BCUT2D eigenvalue weighted by molar-refractivity contribution is -0.141. The summed E-state index contributed by atoms with van der Waals surface area (Å²) in [5.74, 6) is -0.835. The quantitative estimate of drug-likeness (QED) is 0.804. The highest BCUT2D eigenvalue weighted by atomic mass is 19.1. The van der Waals surface area contributed by atoms with Crippen LogP contribution in [0.1, 0.15) is 31.2 Å². The fourth-order valence-corrected chi connectivity index (χ4v) is 4.42. The molecule has 0 bridgehead atoms. The van der Waals surface area contributed by atoms with Gasteiger partial charge in [-0.05, 0) is 57.0 Å². The average Bonchev–Trinajstić information content (AvgIpc) is 2.67. The van der Waals surface area contributed by atoms with Crippen molar-refractivity contribution in [1.29, 1.82) is 0 Å². The van der Waals surface area contributed by atoms with Gasteiger partial charge in [-0.1, -0.05) is 12.1 Å². The Hall–Kier alpha value is -1.99. The number of nitrogens with zero attached hydrogens (tertiary/aromatic N) is 3. The lowest BCUT2D eigenvalue weighted by atomic mass is 9.94. The summed E-state index contributed by atoms with van der Waals surface area (Å²) in [7, 11) is 1.84. The number of hydrogen-bond donors (Lipinski definition) is 1. The van der Waals surface area contributed by atoms with Gasteiger partial charge in [0.05, 0.1) is 12.5 Å². The third-order valence-electron chi connectivity index (χ3n) is 5.93.